The number of pyridine rings is 1. The lowest BCUT2D eigenvalue weighted by Gasteiger charge is -2.19. The van der Waals surface area contributed by atoms with Crippen LogP contribution in [0.2, 0.25) is 0 Å². The fraction of sp³-hybridized carbons (Fsp3) is 0.480. The Labute approximate surface area is 200 Å². The van der Waals surface area contributed by atoms with Crippen molar-refractivity contribution in [2.24, 2.45) is 0 Å². The molecule has 1 aliphatic heterocycles. The maximum Gasteiger partial charge on any atom is 0.182 e. The van der Waals surface area contributed by atoms with E-state index in [2.05, 4.69) is 4.98 Å². The van der Waals surface area contributed by atoms with Crippen LogP contribution in [0.15, 0.2) is 12.1 Å². The number of benzene rings is 1. The zero-order valence-corrected chi connectivity index (χ0v) is 21.0. The Bertz CT molecular complexity index is 1060. The average molecular weight is 502 g/mol. The number of carbonyl (C=O) groups excluding carboxylic acids is 1. The number of halogens is 1. The van der Waals surface area contributed by atoms with E-state index in [1.165, 1.54) is 12.8 Å². The van der Waals surface area contributed by atoms with E-state index < -0.39 is 0 Å². The highest BCUT2D eigenvalue weighted by Crippen LogP contribution is 2.40. The molecule has 0 atom stereocenters. The number of ketones is 1. The van der Waals surface area contributed by atoms with Crippen LogP contribution in [0.4, 0.5) is 0 Å². The third-order valence-corrected chi connectivity index (χ3v) is 6.65. The minimum absolute atomic E-state index is 0. The molecule has 2 heterocycles. The Hall–Kier alpha value is -2.41. The molecule has 1 aliphatic carbocycles. The smallest absolute Gasteiger partial charge is 0.182 e. The average Bonchev–Trinajstić information content (AvgIpc) is 3.37. The van der Waals surface area contributed by atoms with Crippen LogP contribution in [-0.4, -0.2) is 39.8 Å². The Morgan fingerprint density at radius 1 is 1.25 bits per heavy atom. The predicted octanol–water partition coefficient (Wildman–Crippen LogP) is 5.37. The second-order valence-corrected chi connectivity index (χ2v) is 8.75. The summed E-state index contributed by atoms with van der Waals surface area (Å²) in [6, 6.07) is 3.64. The molecular formula is C25H32BrN3O3. The van der Waals surface area contributed by atoms with Gasteiger partial charge in [0.05, 0.1) is 18.8 Å². The van der Waals surface area contributed by atoms with Gasteiger partial charge in [-0.1, -0.05) is 12.8 Å². The lowest BCUT2D eigenvalue weighted by molar-refractivity contribution is 0.0962. The van der Waals surface area contributed by atoms with Crippen molar-refractivity contribution in [2.75, 3.05) is 13.2 Å². The number of Topliss-reactive ketones (excluding diaryl/α,β-unsaturated/α-hetero) is 1. The van der Waals surface area contributed by atoms with E-state index in [1.54, 1.807) is 11.0 Å². The van der Waals surface area contributed by atoms with Crippen molar-refractivity contribution >= 4 is 28.6 Å². The van der Waals surface area contributed by atoms with Gasteiger partial charge in [-0.05, 0) is 69.7 Å². The highest BCUT2D eigenvalue weighted by Gasteiger charge is 2.31. The highest BCUT2D eigenvalue weighted by molar-refractivity contribution is 8.93. The van der Waals surface area contributed by atoms with Gasteiger partial charge in [-0.25, -0.2) is 4.98 Å². The molecule has 0 amide bonds. The molecule has 32 heavy (non-hydrogen) atoms. The van der Waals surface area contributed by atoms with Gasteiger partial charge in [0.1, 0.15) is 23.0 Å². The number of phenols is 1. The lowest BCUT2D eigenvalue weighted by Crippen LogP contribution is -2.30. The molecule has 1 aromatic carbocycles. The summed E-state index contributed by atoms with van der Waals surface area (Å²) in [4.78, 5) is 19.6. The number of fused-ring (bicyclic) bond motifs is 1. The van der Waals surface area contributed by atoms with Crippen molar-refractivity contribution in [3.8, 4) is 11.5 Å². The zero-order chi connectivity index (χ0) is 22.3. The van der Waals surface area contributed by atoms with Crippen LogP contribution in [0.1, 0.15) is 82.5 Å². The summed E-state index contributed by atoms with van der Waals surface area (Å²) in [6.07, 6.45) is 4.45. The Morgan fingerprint density at radius 2 is 1.94 bits per heavy atom. The highest BCUT2D eigenvalue weighted by atomic mass is 79.9. The molecule has 172 valence electrons. The molecule has 2 N–H and O–H groups in total. The van der Waals surface area contributed by atoms with Gasteiger partial charge < -0.3 is 14.7 Å². The second kappa shape index (κ2) is 9.61. The molecule has 7 heteroatoms. The number of ether oxygens (including phenoxy) is 1. The largest absolute Gasteiger partial charge is 0.507 e. The fourth-order valence-corrected chi connectivity index (χ4v) is 4.95. The van der Waals surface area contributed by atoms with Gasteiger partial charge in [-0.3, -0.25) is 10.2 Å². The second-order valence-electron chi connectivity index (χ2n) is 8.75. The summed E-state index contributed by atoms with van der Waals surface area (Å²) in [5.41, 5.74) is 5.61. The molecule has 0 unspecified atom stereocenters. The zero-order valence-electron chi connectivity index (χ0n) is 19.2. The number of rotatable bonds is 6. The van der Waals surface area contributed by atoms with Crippen LogP contribution in [0.3, 0.4) is 0 Å². The molecule has 0 radical (unpaired) electrons. The molecule has 4 rings (SSSR count). The van der Waals surface area contributed by atoms with Crippen molar-refractivity contribution in [1.82, 2.24) is 9.88 Å². The number of aryl methyl sites for hydroxylation is 2. The van der Waals surface area contributed by atoms with E-state index in [4.69, 9.17) is 10.1 Å². The molecule has 0 bridgehead atoms. The lowest BCUT2D eigenvalue weighted by atomic mass is 9.91. The number of nitrogens with one attached hydrogen (secondary N) is 1. The maximum atomic E-state index is 13.2. The van der Waals surface area contributed by atoms with Crippen LogP contribution in [0.5, 0.6) is 11.5 Å². The van der Waals surface area contributed by atoms with Crippen molar-refractivity contribution in [3.63, 3.8) is 0 Å². The number of aromatic hydroxyl groups is 1. The molecule has 2 aromatic rings. The standard InChI is InChI=1S/C25H31N3O3.BrH/c1-5-31-24-15(3)20-12-28(25(26)22(20)27-16(24)4)13-21(29)18-10-14(2)23(30)19(11-18)17-8-6-7-9-17;/h10-11,17,26,30H,5-9,12-13H2,1-4H3;1H. The first-order chi connectivity index (χ1) is 14.8. The van der Waals surface area contributed by atoms with E-state index in [-0.39, 0.29) is 35.1 Å². The predicted molar refractivity (Wildman–Crippen MR) is 131 cm³/mol. The van der Waals surface area contributed by atoms with Crippen LogP contribution in [0.25, 0.3) is 0 Å². The van der Waals surface area contributed by atoms with Crippen molar-refractivity contribution in [3.05, 3.63) is 51.3 Å². The number of phenolic OH excluding ortho intramolecular Hbond substituents is 1. The van der Waals surface area contributed by atoms with Crippen LogP contribution in [0, 0.1) is 26.2 Å². The fourth-order valence-electron chi connectivity index (χ4n) is 4.95. The number of carbonyl (C=O) groups is 1. The molecule has 0 spiro atoms. The number of hydrogen-bond donors (Lipinski definition) is 2. The summed E-state index contributed by atoms with van der Waals surface area (Å²) in [5.74, 6) is 1.66. The summed E-state index contributed by atoms with van der Waals surface area (Å²) < 4.78 is 5.76. The number of nitrogens with zero attached hydrogens (tertiary/aromatic N) is 2. The number of aromatic nitrogens is 1. The van der Waals surface area contributed by atoms with Crippen LogP contribution in [-0.2, 0) is 6.54 Å². The minimum atomic E-state index is -0.0423. The van der Waals surface area contributed by atoms with E-state index in [0.29, 0.717) is 36.1 Å². The first-order valence-electron chi connectivity index (χ1n) is 11.1. The van der Waals surface area contributed by atoms with Gasteiger partial charge in [-0.2, -0.15) is 0 Å². The van der Waals surface area contributed by atoms with Crippen LogP contribution >= 0.6 is 17.0 Å². The Kier molecular flexibility index (Phi) is 7.28. The first-order valence-corrected chi connectivity index (χ1v) is 11.1. The van der Waals surface area contributed by atoms with E-state index in [9.17, 15) is 9.90 Å². The van der Waals surface area contributed by atoms with Crippen molar-refractivity contribution < 1.29 is 14.6 Å². The molecule has 1 saturated carbocycles. The van der Waals surface area contributed by atoms with Gasteiger partial charge >= 0.3 is 0 Å². The van der Waals surface area contributed by atoms with Gasteiger partial charge in [0.15, 0.2) is 5.78 Å². The van der Waals surface area contributed by atoms with E-state index in [0.717, 1.165) is 46.5 Å². The maximum absolute atomic E-state index is 13.2. The van der Waals surface area contributed by atoms with Gasteiger partial charge in [0.2, 0.25) is 0 Å². The summed E-state index contributed by atoms with van der Waals surface area (Å²) in [5, 5.41) is 19.2. The van der Waals surface area contributed by atoms with Crippen LogP contribution < -0.4 is 4.74 Å². The molecule has 6 nitrogen and oxygen atoms in total. The quantitative estimate of drug-likeness (QED) is 0.519. The summed E-state index contributed by atoms with van der Waals surface area (Å²) in [6.45, 7) is 8.84. The normalized spacial score (nSPS) is 15.6. The van der Waals surface area contributed by atoms with E-state index >= 15 is 0 Å². The topological polar surface area (TPSA) is 86.5 Å². The SMILES string of the molecule is Br.CCOc1c(C)nc2c(c1C)CN(CC(=O)c1cc(C)c(O)c(C3CCCC3)c1)C2=N. The minimum Gasteiger partial charge on any atom is -0.507 e. The third kappa shape index (κ3) is 4.27. The summed E-state index contributed by atoms with van der Waals surface area (Å²) >= 11 is 0. The monoisotopic (exact) mass is 501 g/mol. The van der Waals surface area contributed by atoms with E-state index in [1.807, 2.05) is 33.8 Å². The molecule has 2 aliphatic rings. The third-order valence-electron chi connectivity index (χ3n) is 6.65. The molecule has 0 saturated heterocycles. The Balaban J connectivity index is 0.00000289. The summed E-state index contributed by atoms with van der Waals surface area (Å²) in [7, 11) is 0. The number of hydrogen-bond acceptors (Lipinski definition) is 5. The number of amidine groups is 1. The first kappa shape index (κ1) is 24.2. The Morgan fingerprint density at radius 3 is 2.59 bits per heavy atom. The molecule has 1 aromatic heterocycles. The van der Waals surface area contributed by atoms with Crippen molar-refractivity contribution in [1.29, 1.82) is 5.41 Å². The van der Waals surface area contributed by atoms with Gasteiger partial charge in [0, 0.05) is 23.2 Å². The molecular weight excluding hydrogens is 470 g/mol. The van der Waals surface area contributed by atoms with Crippen molar-refractivity contribution in [2.45, 2.75) is 65.8 Å². The molecule has 1 fully saturated rings. The van der Waals surface area contributed by atoms with Gasteiger partial charge in [-0.15, -0.1) is 17.0 Å². The van der Waals surface area contributed by atoms with Gasteiger partial charge in [0.25, 0.3) is 0 Å².